The summed E-state index contributed by atoms with van der Waals surface area (Å²) in [4.78, 5) is 15.1. The molecule has 1 fully saturated rings. The highest BCUT2D eigenvalue weighted by Crippen LogP contribution is 2.32. The van der Waals surface area contributed by atoms with Crippen LogP contribution in [0.5, 0.6) is 5.75 Å². The van der Waals surface area contributed by atoms with Gasteiger partial charge in [0.1, 0.15) is 11.5 Å². The number of amidine groups is 1. The average Bonchev–Trinajstić information content (AvgIpc) is 3.40. The summed E-state index contributed by atoms with van der Waals surface area (Å²) in [5.41, 5.74) is 1.84. The smallest absolute Gasteiger partial charge is 0.267 e. The number of hydrogen-bond donors (Lipinski definition) is 1. The number of phenols is 1. The monoisotopic (exact) mass is 429 g/mol. The first-order valence-corrected chi connectivity index (χ1v) is 10.4. The van der Waals surface area contributed by atoms with Gasteiger partial charge in [0.2, 0.25) is 0 Å². The maximum atomic E-state index is 13.0. The lowest BCUT2D eigenvalue weighted by Gasteiger charge is -2.12. The molecule has 3 aromatic rings. The van der Waals surface area contributed by atoms with Gasteiger partial charge in [-0.15, -0.1) is 5.10 Å². The van der Waals surface area contributed by atoms with Crippen LogP contribution in [0.2, 0.25) is 0 Å². The van der Waals surface area contributed by atoms with Crippen molar-refractivity contribution in [2.75, 3.05) is 0 Å². The number of thioether (sulfide) groups is 1. The Balaban J connectivity index is 1.55. The van der Waals surface area contributed by atoms with Gasteiger partial charge in [-0.3, -0.25) is 9.69 Å². The fourth-order valence-corrected chi connectivity index (χ4v) is 3.70. The summed E-state index contributed by atoms with van der Waals surface area (Å²) < 4.78 is 5.40. The second-order valence-electron chi connectivity index (χ2n) is 6.59. The molecule has 1 aliphatic rings. The van der Waals surface area contributed by atoms with Crippen LogP contribution >= 0.6 is 11.8 Å². The van der Waals surface area contributed by atoms with Crippen molar-refractivity contribution in [1.29, 1.82) is 0 Å². The van der Waals surface area contributed by atoms with Crippen molar-refractivity contribution >= 4 is 35.1 Å². The van der Waals surface area contributed by atoms with Crippen molar-refractivity contribution in [1.82, 2.24) is 4.90 Å². The molecule has 0 spiro atoms. The molecule has 2 aromatic carbocycles. The Morgan fingerprint density at radius 2 is 1.81 bits per heavy atom. The molecule has 1 amide bonds. The number of aromatic hydroxyl groups is 1. The Morgan fingerprint density at radius 3 is 2.55 bits per heavy atom. The highest BCUT2D eigenvalue weighted by molar-refractivity contribution is 8.18. The molecule has 1 aliphatic heterocycles. The average molecular weight is 430 g/mol. The number of phenolic OH excluding ortho intramolecular Hbond substituents is 1. The number of rotatable bonds is 6. The summed E-state index contributed by atoms with van der Waals surface area (Å²) >= 11 is 1.26. The van der Waals surface area contributed by atoms with Crippen molar-refractivity contribution in [3.63, 3.8) is 0 Å². The minimum absolute atomic E-state index is 0.155. The number of carbonyl (C=O) groups is 1. The summed E-state index contributed by atoms with van der Waals surface area (Å²) in [6.45, 7) is 0.270. The molecule has 0 saturated carbocycles. The summed E-state index contributed by atoms with van der Waals surface area (Å²) in [6.07, 6.45) is 8.71. The highest BCUT2D eigenvalue weighted by atomic mass is 32.2. The summed E-state index contributed by atoms with van der Waals surface area (Å²) in [5.74, 6) is 0.686. The molecule has 6 nitrogen and oxygen atoms in total. The standard InChI is InChI=1S/C24H19N3O3S/c28-20-13-11-19(12-14-20)16-25-26-24-27(17-21-9-5-15-30-21)23(29)22(31-24)10-4-8-18-6-2-1-3-7-18/h1-16,28H,17H2/b8-4+,22-10-,25-16-,26-24+. The maximum Gasteiger partial charge on any atom is 0.267 e. The van der Waals surface area contributed by atoms with Crippen molar-refractivity contribution in [3.8, 4) is 5.75 Å². The fraction of sp³-hybridized carbons (Fsp3) is 0.0417. The van der Waals surface area contributed by atoms with Crippen molar-refractivity contribution in [3.05, 3.63) is 107 Å². The van der Waals surface area contributed by atoms with Crippen LogP contribution < -0.4 is 0 Å². The van der Waals surface area contributed by atoms with E-state index in [-0.39, 0.29) is 18.2 Å². The normalized spacial score (nSPS) is 17.0. The topological polar surface area (TPSA) is 78.4 Å². The quantitative estimate of drug-likeness (QED) is 0.338. The molecule has 0 atom stereocenters. The molecule has 31 heavy (non-hydrogen) atoms. The molecule has 2 heterocycles. The van der Waals surface area contributed by atoms with E-state index in [1.807, 2.05) is 48.6 Å². The molecule has 7 heteroatoms. The summed E-state index contributed by atoms with van der Waals surface area (Å²) in [5, 5.41) is 18.2. The van der Waals surface area contributed by atoms with E-state index in [0.717, 1.165) is 11.1 Å². The molecule has 154 valence electrons. The Hall–Kier alpha value is -3.84. The molecule has 0 bridgehead atoms. The van der Waals surface area contributed by atoms with Gasteiger partial charge in [0, 0.05) is 0 Å². The van der Waals surface area contributed by atoms with Gasteiger partial charge < -0.3 is 9.52 Å². The van der Waals surface area contributed by atoms with Gasteiger partial charge in [0.15, 0.2) is 5.17 Å². The van der Waals surface area contributed by atoms with Gasteiger partial charge in [0.05, 0.1) is 23.9 Å². The highest BCUT2D eigenvalue weighted by Gasteiger charge is 2.33. The lowest BCUT2D eigenvalue weighted by atomic mass is 10.2. The van der Waals surface area contributed by atoms with Crippen LogP contribution in [0.1, 0.15) is 16.9 Å². The van der Waals surface area contributed by atoms with Gasteiger partial charge in [-0.2, -0.15) is 5.10 Å². The fourth-order valence-electron chi connectivity index (χ4n) is 2.81. The lowest BCUT2D eigenvalue weighted by molar-refractivity contribution is -0.122. The molecular formula is C24H19N3O3S. The molecule has 0 unspecified atom stereocenters. The van der Waals surface area contributed by atoms with Gasteiger partial charge in [-0.25, -0.2) is 0 Å². The molecule has 1 saturated heterocycles. The molecular weight excluding hydrogens is 410 g/mol. The zero-order valence-corrected chi connectivity index (χ0v) is 17.3. The van der Waals surface area contributed by atoms with E-state index >= 15 is 0 Å². The van der Waals surface area contributed by atoms with E-state index in [9.17, 15) is 9.90 Å². The Labute approximate surface area is 183 Å². The van der Waals surface area contributed by atoms with Crippen LogP contribution in [0.4, 0.5) is 0 Å². The SMILES string of the molecule is O=C1/C(=C/C=C/c2ccccc2)S/C(=N/N=C\c2ccc(O)cc2)N1Cc1ccco1. The predicted octanol–water partition coefficient (Wildman–Crippen LogP) is 5.05. The lowest BCUT2D eigenvalue weighted by Crippen LogP contribution is -2.28. The van der Waals surface area contributed by atoms with Crippen molar-refractivity contribution in [2.24, 2.45) is 10.2 Å². The Bertz CT molecular complexity index is 1150. The van der Waals surface area contributed by atoms with Crippen LogP contribution in [-0.2, 0) is 11.3 Å². The second-order valence-corrected chi connectivity index (χ2v) is 7.60. The minimum atomic E-state index is -0.155. The zero-order valence-electron chi connectivity index (χ0n) is 16.5. The van der Waals surface area contributed by atoms with Crippen LogP contribution in [0.15, 0.2) is 105 Å². The van der Waals surface area contributed by atoms with Crippen LogP contribution in [-0.4, -0.2) is 27.3 Å². The van der Waals surface area contributed by atoms with E-state index in [0.29, 0.717) is 15.8 Å². The van der Waals surface area contributed by atoms with Crippen LogP contribution in [0, 0.1) is 0 Å². The van der Waals surface area contributed by atoms with E-state index in [1.165, 1.54) is 11.8 Å². The third-order valence-corrected chi connectivity index (χ3v) is 5.38. The van der Waals surface area contributed by atoms with Crippen molar-refractivity contribution < 1.29 is 14.3 Å². The summed E-state index contributed by atoms with van der Waals surface area (Å²) in [6, 6.07) is 20.1. The molecule has 0 radical (unpaired) electrons. The largest absolute Gasteiger partial charge is 0.508 e. The van der Waals surface area contributed by atoms with Crippen LogP contribution in [0.3, 0.4) is 0 Å². The van der Waals surface area contributed by atoms with Crippen molar-refractivity contribution in [2.45, 2.75) is 6.54 Å². The number of benzene rings is 2. The van der Waals surface area contributed by atoms with Crippen LogP contribution in [0.25, 0.3) is 6.08 Å². The number of amides is 1. The summed E-state index contributed by atoms with van der Waals surface area (Å²) in [7, 11) is 0. The molecule has 4 rings (SSSR count). The zero-order chi connectivity index (χ0) is 21.5. The van der Waals surface area contributed by atoms with E-state index in [4.69, 9.17) is 4.42 Å². The Morgan fingerprint density at radius 1 is 1.00 bits per heavy atom. The van der Waals surface area contributed by atoms with E-state index < -0.39 is 0 Å². The minimum Gasteiger partial charge on any atom is -0.508 e. The first-order valence-electron chi connectivity index (χ1n) is 9.54. The molecule has 1 aromatic heterocycles. The first-order chi connectivity index (χ1) is 15.2. The van der Waals surface area contributed by atoms with Gasteiger partial charge in [-0.1, -0.05) is 42.5 Å². The van der Waals surface area contributed by atoms with Gasteiger partial charge in [0.25, 0.3) is 5.91 Å². The molecule has 1 N–H and O–H groups in total. The number of carbonyl (C=O) groups excluding carboxylic acids is 1. The number of furan rings is 1. The maximum absolute atomic E-state index is 13.0. The number of allylic oxidation sites excluding steroid dienone is 2. The predicted molar refractivity (Wildman–Crippen MR) is 124 cm³/mol. The number of nitrogens with zero attached hydrogens (tertiary/aromatic N) is 3. The first kappa shape index (κ1) is 20.4. The van der Waals surface area contributed by atoms with Gasteiger partial charge >= 0.3 is 0 Å². The van der Waals surface area contributed by atoms with Gasteiger partial charge in [-0.05, 0) is 65.4 Å². The Kier molecular flexibility index (Phi) is 6.44. The number of hydrogen-bond acceptors (Lipinski definition) is 6. The van der Waals surface area contributed by atoms with E-state index in [2.05, 4.69) is 10.2 Å². The second kappa shape index (κ2) is 9.77. The third kappa shape index (κ3) is 5.40. The van der Waals surface area contributed by atoms with E-state index in [1.54, 1.807) is 53.8 Å². The molecule has 0 aliphatic carbocycles. The third-order valence-electron chi connectivity index (χ3n) is 4.36.